The number of ether oxygens (including phenoxy) is 2. The summed E-state index contributed by atoms with van der Waals surface area (Å²) in [5.41, 5.74) is 11.6. The second-order valence-electron chi connectivity index (χ2n) is 9.84. The molecule has 3 atom stereocenters. The average molecular weight is 466 g/mol. The van der Waals surface area contributed by atoms with Crippen LogP contribution in [0.1, 0.15) is 45.6 Å². The van der Waals surface area contributed by atoms with Gasteiger partial charge in [0.1, 0.15) is 11.5 Å². The van der Waals surface area contributed by atoms with Crippen LogP contribution in [0.4, 0.5) is 0 Å². The molecule has 2 aromatic heterocycles. The molecule has 3 unspecified atom stereocenters. The summed E-state index contributed by atoms with van der Waals surface area (Å²) in [5.74, 6) is 0.685. The molecule has 1 saturated carbocycles. The standard InChI is InChI=1S/C27H22N4O4/c1-34-12-3-5-17-14(9-12)20-22-23(27(33)29-26(22)32)21-15-10-13(35-2)4-6-18(15)31-19-8-11(7-16(19)28)30(17)24(20)25(21)31/h3-6,9-11,16,19H,7-8,28H2,1-2H3,(H,29,32,33). The minimum atomic E-state index is -0.365. The molecule has 4 heterocycles. The van der Waals surface area contributed by atoms with E-state index in [-0.39, 0.29) is 29.9 Å². The molecule has 3 N–H and O–H groups in total. The van der Waals surface area contributed by atoms with Crippen LogP contribution in [-0.2, 0) is 0 Å². The van der Waals surface area contributed by atoms with Gasteiger partial charge in [0.2, 0.25) is 0 Å². The lowest BCUT2D eigenvalue weighted by atomic mass is 9.96. The Labute approximate surface area is 199 Å². The highest BCUT2D eigenvalue weighted by molar-refractivity contribution is 6.39. The van der Waals surface area contributed by atoms with Crippen molar-refractivity contribution >= 4 is 55.4 Å². The van der Waals surface area contributed by atoms with Gasteiger partial charge >= 0.3 is 0 Å². The Morgan fingerprint density at radius 3 is 1.94 bits per heavy atom. The van der Waals surface area contributed by atoms with Gasteiger partial charge in [0.15, 0.2) is 0 Å². The van der Waals surface area contributed by atoms with E-state index in [2.05, 4.69) is 20.5 Å². The maximum atomic E-state index is 13.3. The molecule has 174 valence electrons. The van der Waals surface area contributed by atoms with Gasteiger partial charge in [-0.05, 0) is 49.2 Å². The van der Waals surface area contributed by atoms with Crippen LogP contribution in [0, 0.1) is 0 Å². The van der Waals surface area contributed by atoms with Gasteiger partial charge in [-0.25, -0.2) is 0 Å². The van der Waals surface area contributed by atoms with E-state index >= 15 is 0 Å². The number of nitrogens with two attached hydrogens (primary N) is 1. The van der Waals surface area contributed by atoms with Crippen molar-refractivity contribution in [2.45, 2.75) is 31.0 Å². The van der Waals surface area contributed by atoms with Crippen molar-refractivity contribution in [3.05, 3.63) is 47.5 Å². The SMILES string of the molecule is COc1ccc2c(c1)c1c3c(c4c5cc(OC)ccc5n5c4c1n2C1CC(N)C5C1)C(=O)NC3=O. The van der Waals surface area contributed by atoms with E-state index in [0.29, 0.717) is 22.6 Å². The van der Waals surface area contributed by atoms with Gasteiger partial charge in [0, 0.05) is 44.7 Å². The Kier molecular flexibility index (Phi) is 3.38. The number of fused-ring (bicyclic) bond motifs is 13. The quantitative estimate of drug-likeness (QED) is 0.383. The first-order chi connectivity index (χ1) is 17.0. The van der Waals surface area contributed by atoms with E-state index < -0.39 is 0 Å². The van der Waals surface area contributed by atoms with Gasteiger partial charge in [-0.1, -0.05) is 0 Å². The van der Waals surface area contributed by atoms with Crippen molar-refractivity contribution in [1.82, 2.24) is 14.5 Å². The number of benzene rings is 3. The van der Waals surface area contributed by atoms with E-state index in [1.165, 1.54) is 0 Å². The topological polar surface area (TPSA) is 101 Å². The molecule has 0 saturated heterocycles. The molecular weight excluding hydrogens is 444 g/mol. The molecular formula is C27H22N4O4. The summed E-state index contributed by atoms with van der Waals surface area (Å²) < 4.78 is 15.8. The second kappa shape index (κ2) is 6.14. The number of methoxy groups -OCH3 is 2. The van der Waals surface area contributed by atoms with Crippen LogP contribution in [0.2, 0.25) is 0 Å². The minimum Gasteiger partial charge on any atom is -0.497 e. The summed E-state index contributed by atoms with van der Waals surface area (Å²) in [6, 6.07) is 12.2. The Balaban J connectivity index is 1.74. The van der Waals surface area contributed by atoms with Crippen LogP contribution < -0.4 is 20.5 Å². The number of hydrogen-bond acceptors (Lipinski definition) is 5. The fraction of sp³-hybridized carbons (Fsp3) is 0.259. The summed E-state index contributed by atoms with van der Waals surface area (Å²) >= 11 is 0. The van der Waals surface area contributed by atoms with Crippen LogP contribution in [0.3, 0.4) is 0 Å². The zero-order valence-corrected chi connectivity index (χ0v) is 19.2. The normalized spacial score (nSPS) is 22.5. The lowest BCUT2D eigenvalue weighted by Crippen LogP contribution is -2.27. The molecule has 1 aliphatic carbocycles. The Hall–Kier alpha value is -4.04. The van der Waals surface area contributed by atoms with E-state index in [1.54, 1.807) is 14.2 Å². The molecule has 5 aromatic rings. The zero-order valence-electron chi connectivity index (χ0n) is 19.2. The van der Waals surface area contributed by atoms with Crippen molar-refractivity contribution < 1.29 is 19.1 Å². The van der Waals surface area contributed by atoms with Crippen molar-refractivity contribution in [3.8, 4) is 11.5 Å². The number of nitrogens with one attached hydrogen (secondary N) is 1. The Morgan fingerprint density at radius 1 is 0.829 bits per heavy atom. The molecule has 0 radical (unpaired) electrons. The number of nitrogens with zero attached hydrogens (tertiary/aromatic N) is 2. The molecule has 2 amide bonds. The molecule has 8 heteroatoms. The zero-order chi connectivity index (χ0) is 23.7. The third kappa shape index (κ3) is 2.09. The highest BCUT2D eigenvalue weighted by Gasteiger charge is 2.44. The number of imide groups is 1. The van der Waals surface area contributed by atoms with Crippen molar-refractivity contribution in [3.63, 3.8) is 0 Å². The van der Waals surface area contributed by atoms with Crippen LogP contribution in [-0.4, -0.2) is 41.2 Å². The van der Waals surface area contributed by atoms with E-state index in [4.69, 9.17) is 15.2 Å². The average Bonchev–Trinajstić information content (AvgIpc) is 3.54. The van der Waals surface area contributed by atoms with Crippen molar-refractivity contribution in [1.29, 1.82) is 0 Å². The first kappa shape index (κ1) is 19.3. The van der Waals surface area contributed by atoms with Gasteiger partial charge in [-0.3, -0.25) is 14.9 Å². The van der Waals surface area contributed by atoms with Crippen LogP contribution in [0.25, 0.3) is 43.6 Å². The number of rotatable bonds is 2. The molecule has 2 bridgehead atoms. The molecule has 8 nitrogen and oxygen atoms in total. The maximum absolute atomic E-state index is 13.3. The molecule has 3 aliphatic rings. The summed E-state index contributed by atoms with van der Waals surface area (Å²) in [6.07, 6.45) is 1.73. The third-order valence-electron chi connectivity index (χ3n) is 8.32. The monoisotopic (exact) mass is 466 g/mol. The lowest BCUT2D eigenvalue weighted by Gasteiger charge is -2.21. The molecule has 8 rings (SSSR count). The predicted molar refractivity (Wildman–Crippen MR) is 133 cm³/mol. The number of amides is 2. The highest BCUT2D eigenvalue weighted by Crippen LogP contribution is 2.53. The van der Waals surface area contributed by atoms with Crippen molar-refractivity contribution in [2.24, 2.45) is 5.73 Å². The number of carbonyl (C=O) groups is 2. The maximum Gasteiger partial charge on any atom is 0.259 e. The molecule has 0 spiro atoms. The Bertz CT molecular complexity index is 1830. The molecule has 1 fully saturated rings. The molecule has 35 heavy (non-hydrogen) atoms. The number of hydrogen-bond donors (Lipinski definition) is 2. The van der Waals surface area contributed by atoms with Gasteiger partial charge in [-0.2, -0.15) is 0 Å². The van der Waals surface area contributed by atoms with Gasteiger partial charge in [-0.15, -0.1) is 0 Å². The fourth-order valence-corrected chi connectivity index (χ4v) is 7.00. The largest absolute Gasteiger partial charge is 0.497 e. The molecule has 2 aliphatic heterocycles. The van der Waals surface area contributed by atoms with Crippen LogP contribution in [0.5, 0.6) is 11.5 Å². The Morgan fingerprint density at radius 2 is 1.37 bits per heavy atom. The van der Waals surface area contributed by atoms with Crippen LogP contribution in [0.15, 0.2) is 36.4 Å². The van der Waals surface area contributed by atoms with E-state index in [9.17, 15) is 9.59 Å². The summed E-state index contributed by atoms with van der Waals surface area (Å²) in [7, 11) is 3.26. The fourth-order valence-electron chi connectivity index (χ4n) is 7.00. The van der Waals surface area contributed by atoms with Gasteiger partial charge < -0.3 is 24.3 Å². The predicted octanol–water partition coefficient (Wildman–Crippen LogP) is 4.02. The molecule has 3 aromatic carbocycles. The number of carbonyl (C=O) groups excluding carboxylic acids is 2. The summed E-state index contributed by atoms with van der Waals surface area (Å²) in [6.45, 7) is 0. The lowest BCUT2D eigenvalue weighted by molar-refractivity contribution is 0.0880. The first-order valence-electron chi connectivity index (χ1n) is 11.8. The minimum absolute atomic E-state index is 0.0245. The van der Waals surface area contributed by atoms with Gasteiger partial charge in [0.05, 0.1) is 42.4 Å². The van der Waals surface area contributed by atoms with E-state index in [0.717, 1.165) is 56.5 Å². The van der Waals surface area contributed by atoms with Crippen LogP contribution >= 0.6 is 0 Å². The van der Waals surface area contributed by atoms with Crippen molar-refractivity contribution in [2.75, 3.05) is 14.2 Å². The summed E-state index contributed by atoms with van der Waals surface area (Å²) in [5, 5.41) is 5.98. The smallest absolute Gasteiger partial charge is 0.259 e. The van der Waals surface area contributed by atoms with E-state index in [1.807, 2.05) is 30.3 Å². The first-order valence-corrected chi connectivity index (χ1v) is 11.8. The second-order valence-corrected chi connectivity index (χ2v) is 9.84. The van der Waals surface area contributed by atoms with Gasteiger partial charge in [0.25, 0.3) is 11.8 Å². The number of aromatic nitrogens is 2. The highest BCUT2D eigenvalue weighted by atomic mass is 16.5. The summed E-state index contributed by atoms with van der Waals surface area (Å²) in [4.78, 5) is 26.6. The third-order valence-corrected chi connectivity index (χ3v) is 8.32.